The largest absolute Gasteiger partial charge is 0.492 e. The maximum Gasteiger partial charge on any atom is 0.317 e. The van der Waals surface area contributed by atoms with Gasteiger partial charge in [-0.05, 0) is 35.7 Å². The highest BCUT2D eigenvalue weighted by Crippen LogP contribution is 2.18. The van der Waals surface area contributed by atoms with Gasteiger partial charge < -0.3 is 15.0 Å². The average Bonchev–Trinajstić information content (AvgIpc) is 2.58. The summed E-state index contributed by atoms with van der Waals surface area (Å²) in [7, 11) is 0. The first-order valence-electron chi connectivity index (χ1n) is 7.70. The number of rotatable bonds is 4. The molecule has 0 aliphatic carbocycles. The third-order valence-corrected chi connectivity index (χ3v) is 4.10. The van der Waals surface area contributed by atoms with Gasteiger partial charge in [0.25, 0.3) is 0 Å². The molecule has 0 radical (unpaired) electrons. The maximum absolute atomic E-state index is 12.2. The van der Waals surface area contributed by atoms with E-state index in [0.717, 1.165) is 13.0 Å². The van der Waals surface area contributed by atoms with Gasteiger partial charge >= 0.3 is 6.03 Å². The molecule has 1 heterocycles. The molecular weight excluding hydrogens is 312 g/mol. The molecule has 0 saturated carbocycles. The zero-order chi connectivity index (χ0) is 16.1. The van der Waals surface area contributed by atoms with E-state index in [4.69, 9.17) is 16.3 Å². The third-order valence-electron chi connectivity index (χ3n) is 3.86. The Morgan fingerprint density at radius 3 is 2.83 bits per heavy atom. The zero-order valence-electron chi connectivity index (χ0n) is 12.8. The van der Waals surface area contributed by atoms with Gasteiger partial charge in [-0.2, -0.15) is 0 Å². The van der Waals surface area contributed by atoms with Crippen molar-refractivity contribution in [3.05, 3.63) is 64.7 Å². The van der Waals surface area contributed by atoms with Gasteiger partial charge in [-0.25, -0.2) is 4.79 Å². The molecule has 23 heavy (non-hydrogen) atoms. The molecule has 0 bridgehead atoms. The van der Waals surface area contributed by atoms with Crippen molar-refractivity contribution in [2.45, 2.75) is 13.0 Å². The van der Waals surface area contributed by atoms with Gasteiger partial charge in [-0.15, -0.1) is 0 Å². The van der Waals surface area contributed by atoms with Gasteiger partial charge in [-0.3, -0.25) is 0 Å². The molecule has 1 aliphatic rings. The fourth-order valence-electron chi connectivity index (χ4n) is 2.66. The van der Waals surface area contributed by atoms with Gasteiger partial charge in [0.1, 0.15) is 12.4 Å². The number of carbonyl (C=O) groups is 1. The number of fused-ring (bicyclic) bond motifs is 1. The van der Waals surface area contributed by atoms with Crippen LogP contribution in [0.4, 0.5) is 4.79 Å². The van der Waals surface area contributed by atoms with Crippen LogP contribution in [0, 0.1) is 0 Å². The van der Waals surface area contributed by atoms with Crippen molar-refractivity contribution in [2.75, 3.05) is 19.7 Å². The SMILES string of the molecule is O=C(NCCOc1cccc(Cl)c1)N1CCc2ccccc2C1. The van der Waals surface area contributed by atoms with Crippen LogP contribution < -0.4 is 10.1 Å². The van der Waals surface area contributed by atoms with E-state index in [1.165, 1.54) is 11.1 Å². The van der Waals surface area contributed by atoms with Crippen LogP contribution in [0.5, 0.6) is 5.75 Å². The molecule has 0 spiro atoms. The Hall–Kier alpha value is -2.20. The lowest BCUT2D eigenvalue weighted by Gasteiger charge is -2.28. The number of amides is 2. The Morgan fingerprint density at radius 1 is 1.17 bits per heavy atom. The highest BCUT2D eigenvalue weighted by Gasteiger charge is 2.19. The Balaban J connectivity index is 1.43. The summed E-state index contributed by atoms with van der Waals surface area (Å²) in [5.41, 5.74) is 2.56. The predicted molar refractivity (Wildman–Crippen MR) is 90.9 cm³/mol. The van der Waals surface area contributed by atoms with E-state index in [-0.39, 0.29) is 6.03 Å². The van der Waals surface area contributed by atoms with E-state index in [0.29, 0.717) is 30.5 Å². The molecule has 4 nitrogen and oxygen atoms in total. The fraction of sp³-hybridized carbons (Fsp3) is 0.278. The molecule has 5 heteroatoms. The number of nitrogens with zero attached hydrogens (tertiary/aromatic N) is 1. The molecule has 2 amide bonds. The number of hydrogen-bond donors (Lipinski definition) is 1. The fourth-order valence-corrected chi connectivity index (χ4v) is 2.84. The summed E-state index contributed by atoms with van der Waals surface area (Å²) in [6.07, 6.45) is 0.905. The summed E-state index contributed by atoms with van der Waals surface area (Å²) in [6, 6.07) is 15.4. The van der Waals surface area contributed by atoms with E-state index in [2.05, 4.69) is 17.4 Å². The van der Waals surface area contributed by atoms with Gasteiger partial charge in [0.15, 0.2) is 0 Å². The summed E-state index contributed by atoms with van der Waals surface area (Å²) in [5, 5.41) is 3.53. The molecule has 120 valence electrons. The van der Waals surface area contributed by atoms with E-state index in [1.54, 1.807) is 12.1 Å². The number of ether oxygens (including phenoxy) is 1. The summed E-state index contributed by atoms with van der Waals surface area (Å²) in [5.74, 6) is 0.707. The highest BCUT2D eigenvalue weighted by molar-refractivity contribution is 6.30. The molecular formula is C18H19ClN2O2. The Labute approximate surface area is 141 Å². The van der Waals surface area contributed by atoms with Gasteiger partial charge in [-0.1, -0.05) is 41.9 Å². The first kappa shape index (κ1) is 15.7. The molecule has 2 aromatic rings. The minimum atomic E-state index is -0.0470. The molecule has 0 atom stereocenters. The summed E-state index contributed by atoms with van der Waals surface area (Å²) < 4.78 is 5.56. The number of benzene rings is 2. The second-order valence-electron chi connectivity index (χ2n) is 5.48. The van der Waals surface area contributed by atoms with Crippen LogP contribution in [0.15, 0.2) is 48.5 Å². The number of carbonyl (C=O) groups excluding carboxylic acids is 1. The predicted octanol–water partition coefficient (Wildman–Crippen LogP) is 3.49. The van der Waals surface area contributed by atoms with E-state index < -0.39 is 0 Å². The smallest absolute Gasteiger partial charge is 0.317 e. The molecule has 0 saturated heterocycles. The van der Waals surface area contributed by atoms with E-state index in [9.17, 15) is 4.79 Å². The molecule has 0 aromatic heterocycles. The van der Waals surface area contributed by atoms with Crippen molar-refractivity contribution in [1.29, 1.82) is 0 Å². The second kappa shape index (κ2) is 7.38. The summed E-state index contributed by atoms with van der Waals surface area (Å²) in [4.78, 5) is 14.0. The number of hydrogen-bond acceptors (Lipinski definition) is 2. The van der Waals surface area contributed by atoms with Gasteiger partial charge in [0.05, 0.1) is 6.54 Å². The molecule has 1 aliphatic heterocycles. The average molecular weight is 331 g/mol. The topological polar surface area (TPSA) is 41.6 Å². The Kier molecular flexibility index (Phi) is 5.03. The number of urea groups is 1. The molecule has 1 N–H and O–H groups in total. The normalized spacial score (nSPS) is 13.3. The lowest BCUT2D eigenvalue weighted by atomic mass is 10.0. The molecule has 0 fully saturated rings. The van der Waals surface area contributed by atoms with Crippen LogP contribution in [0.3, 0.4) is 0 Å². The van der Waals surface area contributed by atoms with Gasteiger partial charge in [0.2, 0.25) is 0 Å². The monoisotopic (exact) mass is 330 g/mol. The quantitative estimate of drug-likeness (QED) is 0.872. The lowest BCUT2D eigenvalue weighted by Crippen LogP contribution is -2.43. The number of halogens is 1. The zero-order valence-corrected chi connectivity index (χ0v) is 13.6. The van der Waals surface area contributed by atoms with E-state index >= 15 is 0 Å². The molecule has 0 unspecified atom stereocenters. The maximum atomic E-state index is 12.2. The minimum absolute atomic E-state index is 0.0470. The first-order valence-corrected chi connectivity index (χ1v) is 8.08. The van der Waals surface area contributed by atoms with Gasteiger partial charge in [0, 0.05) is 18.1 Å². The number of nitrogens with one attached hydrogen (secondary N) is 1. The molecule has 2 aromatic carbocycles. The van der Waals surface area contributed by atoms with Crippen molar-refractivity contribution in [3.8, 4) is 5.75 Å². The second-order valence-corrected chi connectivity index (χ2v) is 5.91. The van der Waals surface area contributed by atoms with E-state index in [1.807, 2.05) is 29.2 Å². The van der Waals surface area contributed by atoms with Crippen molar-refractivity contribution < 1.29 is 9.53 Å². The van der Waals surface area contributed by atoms with Crippen molar-refractivity contribution in [3.63, 3.8) is 0 Å². The third kappa shape index (κ3) is 4.17. The summed E-state index contributed by atoms with van der Waals surface area (Å²) >= 11 is 5.89. The minimum Gasteiger partial charge on any atom is -0.492 e. The highest BCUT2D eigenvalue weighted by atomic mass is 35.5. The molecule has 3 rings (SSSR count). The van der Waals surface area contributed by atoms with Crippen LogP contribution in [0.25, 0.3) is 0 Å². The van der Waals surface area contributed by atoms with Crippen LogP contribution in [-0.4, -0.2) is 30.6 Å². The van der Waals surface area contributed by atoms with Crippen LogP contribution in [0.1, 0.15) is 11.1 Å². The lowest BCUT2D eigenvalue weighted by molar-refractivity contribution is 0.189. The summed E-state index contributed by atoms with van der Waals surface area (Å²) in [6.45, 7) is 2.29. The van der Waals surface area contributed by atoms with Crippen molar-refractivity contribution >= 4 is 17.6 Å². The van der Waals surface area contributed by atoms with Crippen molar-refractivity contribution in [1.82, 2.24) is 10.2 Å². The Morgan fingerprint density at radius 2 is 2.00 bits per heavy atom. The van der Waals surface area contributed by atoms with Crippen molar-refractivity contribution in [2.24, 2.45) is 0 Å². The van der Waals surface area contributed by atoms with Crippen LogP contribution in [-0.2, 0) is 13.0 Å². The van der Waals surface area contributed by atoms with Crippen LogP contribution >= 0.6 is 11.6 Å². The Bertz CT molecular complexity index is 690. The van der Waals surface area contributed by atoms with Crippen LogP contribution in [0.2, 0.25) is 5.02 Å². The first-order chi connectivity index (χ1) is 11.2. The standard InChI is InChI=1S/C18H19ClN2O2/c19-16-6-3-7-17(12-16)23-11-9-20-18(22)21-10-8-14-4-1-2-5-15(14)13-21/h1-7,12H,8-11,13H2,(H,20,22).